The van der Waals surface area contributed by atoms with Crippen molar-refractivity contribution < 1.29 is 17.9 Å². The van der Waals surface area contributed by atoms with Gasteiger partial charge in [-0.05, 0) is 50.2 Å². The molecule has 32 heavy (non-hydrogen) atoms. The summed E-state index contributed by atoms with van der Waals surface area (Å²) in [5.41, 5.74) is 1.17. The minimum Gasteiger partial charge on any atom is -0.497 e. The Kier molecular flexibility index (Phi) is 6.45. The number of hydrogen-bond acceptors (Lipinski definition) is 5. The van der Waals surface area contributed by atoms with Crippen LogP contribution in [0.2, 0.25) is 0 Å². The van der Waals surface area contributed by atoms with Crippen molar-refractivity contribution in [2.45, 2.75) is 19.9 Å². The molecule has 0 aliphatic carbocycles. The fourth-order valence-corrected chi connectivity index (χ4v) is 4.65. The van der Waals surface area contributed by atoms with Crippen LogP contribution in [0.15, 0.2) is 59.4 Å². The Balaban J connectivity index is 1.96. The number of methoxy groups -OCH3 is 1. The van der Waals surface area contributed by atoms with Crippen molar-refractivity contribution in [2.24, 2.45) is 7.05 Å². The number of hydrogen-bond donors (Lipinski definition) is 1. The van der Waals surface area contributed by atoms with E-state index in [1.807, 2.05) is 18.2 Å². The van der Waals surface area contributed by atoms with Gasteiger partial charge in [-0.3, -0.25) is 18.6 Å². The highest BCUT2D eigenvalue weighted by Gasteiger charge is 2.30. The summed E-state index contributed by atoms with van der Waals surface area (Å²) in [6.45, 7) is 3.17. The zero-order valence-corrected chi connectivity index (χ0v) is 19.4. The number of anilines is 2. The number of carbonyl (C=O) groups is 1. The van der Waals surface area contributed by atoms with Crippen molar-refractivity contribution >= 4 is 27.3 Å². The van der Waals surface area contributed by atoms with Gasteiger partial charge in [-0.25, -0.2) is 13.1 Å². The normalized spacial score (nSPS) is 12.3. The second-order valence-corrected chi connectivity index (χ2v) is 9.22. The molecule has 0 fully saturated rings. The molecule has 1 heterocycles. The topological polar surface area (TPSA) is 103 Å². The fraction of sp³-hybridized carbons (Fsp3) is 0.273. The third-order valence-electron chi connectivity index (χ3n) is 5.22. The van der Waals surface area contributed by atoms with Crippen molar-refractivity contribution in [3.05, 3.63) is 70.6 Å². The molecule has 0 bridgehead atoms. The first-order chi connectivity index (χ1) is 15.1. The predicted octanol–water partition coefficient (Wildman–Crippen LogP) is 2.29. The largest absolute Gasteiger partial charge is 0.497 e. The monoisotopic (exact) mass is 458 g/mol. The van der Waals surface area contributed by atoms with Crippen LogP contribution >= 0.6 is 0 Å². The third-order valence-corrected chi connectivity index (χ3v) is 6.46. The fourth-order valence-electron chi connectivity index (χ4n) is 3.48. The van der Waals surface area contributed by atoms with E-state index in [0.29, 0.717) is 22.8 Å². The average molecular weight is 459 g/mol. The number of nitrogens with one attached hydrogen (secondary N) is 1. The lowest BCUT2D eigenvalue weighted by Crippen LogP contribution is -2.45. The Hall–Kier alpha value is -3.53. The van der Waals surface area contributed by atoms with Gasteiger partial charge in [-0.2, -0.15) is 0 Å². The van der Waals surface area contributed by atoms with E-state index in [1.165, 1.54) is 18.7 Å². The van der Waals surface area contributed by atoms with Crippen molar-refractivity contribution in [1.29, 1.82) is 0 Å². The summed E-state index contributed by atoms with van der Waals surface area (Å²) in [6.07, 6.45) is 1.02. The molecule has 0 spiro atoms. The van der Waals surface area contributed by atoms with E-state index in [9.17, 15) is 18.0 Å². The molecule has 170 valence electrons. The van der Waals surface area contributed by atoms with Crippen LogP contribution in [0.3, 0.4) is 0 Å². The summed E-state index contributed by atoms with van der Waals surface area (Å²) in [6, 6.07) is 14.2. The summed E-state index contributed by atoms with van der Waals surface area (Å²) < 4.78 is 34.2. The zero-order chi connectivity index (χ0) is 23.6. The quantitative estimate of drug-likeness (QED) is 0.585. The van der Waals surface area contributed by atoms with Crippen LogP contribution in [0, 0.1) is 6.92 Å². The van der Waals surface area contributed by atoms with E-state index in [1.54, 1.807) is 55.1 Å². The van der Waals surface area contributed by atoms with Gasteiger partial charge in [0.15, 0.2) is 0 Å². The summed E-state index contributed by atoms with van der Waals surface area (Å²) in [5.74, 6) is -0.0714. The van der Waals surface area contributed by atoms with Crippen LogP contribution < -0.4 is 19.9 Å². The number of ether oxygens (including phenoxy) is 1. The molecule has 0 saturated carbocycles. The molecule has 3 rings (SSSR count). The Morgan fingerprint density at radius 3 is 2.22 bits per heavy atom. The number of carbonyl (C=O) groups excluding carboxylic acids is 1. The first-order valence-electron chi connectivity index (χ1n) is 9.84. The van der Waals surface area contributed by atoms with Gasteiger partial charge in [-0.15, -0.1) is 0 Å². The molecular weight excluding hydrogens is 432 g/mol. The first-order valence-corrected chi connectivity index (χ1v) is 11.7. The molecule has 1 atom stereocenters. The molecule has 3 aromatic rings. The summed E-state index contributed by atoms with van der Waals surface area (Å²) in [7, 11) is -0.582. The Morgan fingerprint density at radius 1 is 1.09 bits per heavy atom. The highest BCUT2D eigenvalue weighted by molar-refractivity contribution is 7.92. The Labute approximate surface area is 186 Å². The molecule has 1 N–H and O–H groups in total. The molecular formula is C22H26N4O5S. The van der Waals surface area contributed by atoms with E-state index in [2.05, 4.69) is 5.32 Å². The van der Waals surface area contributed by atoms with Gasteiger partial charge in [0.1, 0.15) is 17.5 Å². The molecule has 0 unspecified atom stereocenters. The van der Waals surface area contributed by atoms with Crippen molar-refractivity contribution in [3.63, 3.8) is 0 Å². The minimum atomic E-state index is -3.80. The van der Waals surface area contributed by atoms with Crippen LogP contribution in [-0.4, -0.2) is 43.1 Å². The third kappa shape index (κ3) is 4.40. The molecule has 0 aliphatic rings. The predicted molar refractivity (Wildman–Crippen MR) is 124 cm³/mol. The second-order valence-electron chi connectivity index (χ2n) is 7.36. The Morgan fingerprint density at radius 2 is 1.69 bits per heavy atom. The van der Waals surface area contributed by atoms with Crippen LogP contribution in [0.4, 0.5) is 11.4 Å². The number of benzene rings is 2. The summed E-state index contributed by atoms with van der Waals surface area (Å²) >= 11 is 0. The maximum Gasteiger partial charge on any atom is 0.295 e. The van der Waals surface area contributed by atoms with Crippen LogP contribution in [0.5, 0.6) is 5.75 Å². The number of sulfonamides is 1. The molecule has 0 saturated heterocycles. The summed E-state index contributed by atoms with van der Waals surface area (Å²) in [5, 5.41) is 2.63. The van der Waals surface area contributed by atoms with E-state index in [-0.39, 0.29) is 5.69 Å². The zero-order valence-electron chi connectivity index (χ0n) is 18.6. The number of amides is 1. The van der Waals surface area contributed by atoms with E-state index >= 15 is 0 Å². The number of nitrogens with zero attached hydrogens (tertiary/aromatic N) is 3. The van der Waals surface area contributed by atoms with Crippen LogP contribution in [0.25, 0.3) is 5.69 Å². The SMILES string of the molecule is COc1ccc(N([C@H](C)C(=O)Nc2c(C)n(C)n(-c3ccccc3)c2=O)S(C)(=O)=O)cc1. The second kappa shape index (κ2) is 8.91. The summed E-state index contributed by atoms with van der Waals surface area (Å²) in [4.78, 5) is 26.1. The molecule has 10 heteroatoms. The number of aromatic nitrogens is 2. The average Bonchev–Trinajstić information content (AvgIpc) is 2.97. The van der Waals surface area contributed by atoms with Gasteiger partial charge < -0.3 is 10.1 Å². The van der Waals surface area contributed by atoms with Crippen molar-refractivity contribution in [3.8, 4) is 11.4 Å². The molecule has 1 aromatic heterocycles. The van der Waals surface area contributed by atoms with E-state index < -0.39 is 27.5 Å². The lowest BCUT2D eigenvalue weighted by Gasteiger charge is -2.28. The van der Waals surface area contributed by atoms with Gasteiger partial charge in [0.05, 0.1) is 30.4 Å². The van der Waals surface area contributed by atoms with Gasteiger partial charge in [0.2, 0.25) is 15.9 Å². The van der Waals surface area contributed by atoms with E-state index in [4.69, 9.17) is 4.74 Å². The molecule has 0 radical (unpaired) electrons. The van der Waals surface area contributed by atoms with Crippen molar-refractivity contribution in [2.75, 3.05) is 23.0 Å². The lowest BCUT2D eigenvalue weighted by atomic mass is 10.2. The smallest absolute Gasteiger partial charge is 0.295 e. The minimum absolute atomic E-state index is 0.0939. The molecule has 2 aromatic carbocycles. The Bertz CT molecular complexity index is 1280. The highest BCUT2D eigenvalue weighted by Crippen LogP contribution is 2.24. The van der Waals surface area contributed by atoms with Gasteiger partial charge >= 0.3 is 0 Å². The molecule has 9 nitrogen and oxygen atoms in total. The molecule has 1 amide bonds. The standard InChI is InChI=1S/C22H26N4O5S/c1-15-20(22(28)25(24(15)3)17-9-7-6-8-10-17)23-21(27)16(2)26(32(5,29)30)18-11-13-19(31-4)14-12-18/h6-14,16H,1-5H3,(H,23,27)/t16-/m1/s1. The highest BCUT2D eigenvalue weighted by atomic mass is 32.2. The van der Waals surface area contributed by atoms with Gasteiger partial charge in [0.25, 0.3) is 5.56 Å². The number of para-hydroxylation sites is 1. The molecule has 0 aliphatic heterocycles. The van der Waals surface area contributed by atoms with Crippen LogP contribution in [0.1, 0.15) is 12.6 Å². The van der Waals surface area contributed by atoms with Crippen LogP contribution in [-0.2, 0) is 21.9 Å². The van der Waals surface area contributed by atoms with Gasteiger partial charge in [0, 0.05) is 7.05 Å². The number of rotatable bonds is 7. The van der Waals surface area contributed by atoms with E-state index in [0.717, 1.165) is 10.6 Å². The van der Waals surface area contributed by atoms with Crippen molar-refractivity contribution in [1.82, 2.24) is 9.36 Å². The lowest BCUT2D eigenvalue weighted by molar-refractivity contribution is -0.116. The maximum atomic E-state index is 13.1. The van der Waals surface area contributed by atoms with Gasteiger partial charge in [-0.1, -0.05) is 18.2 Å². The first kappa shape index (κ1) is 23.1. The maximum absolute atomic E-state index is 13.1.